The number of nitrogens with one attached hydrogen (secondary N) is 1. The molecule has 1 aliphatic rings. The molecule has 0 bridgehead atoms. The first-order chi connectivity index (χ1) is 3.72. The van der Waals surface area contributed by atoms with E-state index in [0.717, 1.165) is 12.1 Å². The molecule has 1 heteroatoms. The van der Waals surface area contributed by atoms with Crippen LogP contribution < -0.4 is 4.90 Å². The van der Waals surface area contributed by atoms with Crippen LogP contribution in [-0.2, 0) is 0 Å². The summed E-state index contributed by atoms with van der Waals surface area (Å²) < 4.78 is 0. The van der Waals surface area contributed by atoms with E-state index in [1.165, 1.54) is 17.7 Å². The summed E-state index contributed by atoms with van der Waals surface area (Å²) in [6.07, 6.45) is 2.72. The van der Waals surface area contributed by atoms with E-state index < -0.39 is 0 Å². The number of rotatable bonds is 0. The molecule has 48 valence electrons. The molecular formula is C7H15N. The largest absolute Gasteiger partial charge is 0.463 e. The van der Waals surface area contributed by atoms with E-state index in [0.29, 0.717) is 0 Å². The second-order valence-electron chi connectivity index (χ2n) is 2.95. The smallest absolute Gasteiger partial charge is 0.0610 e. The summed E-state index contributed by atoms with van der Waals surface area (Å²) in [6.45, 7) is 4.54. The van der Waals surface area contributed by atoms with Gasteiger partial charge in [0.15, 0.2) is 0 Å². The number of hydrogen-bond donors (Lipinski definition) is 1. The molecule has 1 saturated heterocycles. The van der Waals surface area contributed by atoms with E-state index in [-0.39, 0.29) is 0 Å². The van der Waals surface area contributed by atoms with Crippen molar-refractivity contribution in [3.63, 3.8) is 0 Å². The van der Waals surface area contributed by atoms with Crippen LogP contribution in [0.3, 0.4) is 0 Å². The van der Waals surface area contributed by atoms with Crippen LogP contribution >= 0.6 is 0 Å². The minimum Gasteiger partial charge on any atom is -0.463 e. The SMILES string of the molecule is [CH2-][NH+]1[C@@H](C)CC[C@@H]1C. The van der Waals surface area contributed by atoms with E-state index in [1.54, 1.807) is 0 Å². The van der Waals surface area contributed by atoms with Gasteiger partial charge in [-0.1, -0.05) is 0 Å². The van der Waals surface area contributed by atoms with Crippen molar-refractivity contribution in [2.75, 3.05) is 0 Å². The molecule has 1 nitrogen and oxygen atoms in total. The molecule has 0 saturated carbocycles. The maximum Gasteiger partial charge on any atom is 0.0610 e. The Kier molecular flexibility index (Phi) is 1.57. The van der Waals surface area contributed by atoms with Crippen molar-refractivity contribution >= 4 is 0 Å². The van der Waals surface area contributed by atoms with E-state index in [9.17, 15) is 0 Å². The van der Waals surface area contributed by atoms with Gasteiger partial charge in [-0.05, 0) is 13.8 Å². The molecule has 0 aromatic carbocycles. The fraction of sp³-hybridized carbons (Fsp3) is 0.857. The molecule has 0 aromatic heterocycles. The van der Waals surface area contributed by atoms with Crippen LogP contribution in [0.4, 0.5) is 0 Å². The van der Waals surface area contributed by atoms with Gasteiger partial charge in [0.25, 0.3) is 0 Å². The number of likely N-dealkylation sites (tertiary alicyclic amines) is 1. The summed E-state index contributed by atoms with van der Waals surface area (Å²) in [6, 6.07) is 1.59. The summed E-state index contributed by atoms with van der Waals surface area (Å²) in [7, 11) is 4.02. The average Bonchev–Trinajstić information content (AvgIpc) is 1.98. The fourth-order valence-electron chi connectivity index (χ4n) is 1.36. The summed E-state index contributed by atoms with van der Waals surface area (Å²) in [5.41, 5.74) is 0. The van der Waals surface area contributed by atoms with Crippen LogP contribution in [0.2, 0.25) is 0 Å². The van der Waals surface area contributed by atoms with Crippen LogP contribution in [0.5, 0.6) is 0 Å². The lowest BCUT2D eigenvalue weighted by atomic mass is 10.2. The molecule has 0 spiro atoms. The van der Waals surface area contributed by atoms with Gasteiger partial charge in [0.05, 0.1) is 12.1 Å². The monoisotopic (exact) mass is 113 g/mol. The van der Waals surface area contributed by atoms with Crippen molar-refractivity contribution in [1.29, 1.82) is 0 Å². The highest BCUT2D eigenvalue weighted by Gasteiger charge is 2.22. The van der Waals surface area contributed by atoms with E-state index in [4.69, 9.17) is 0 Å². The van der Waals surface area contributed by atoms with Gasteiger partial charge < -0.3 is 4.90 Å². The van der Waals surface area contributed by atoms with Gasteiger partial charge in [-0.2, -0.15) is 7.05 Å². The molecule has 1 fully saturated rings. The second-order valence-corrected chi connectivity index (χ2v) is 2.95. The Labute approximate surface area is 51.7 Å². The first-order valence-corrected chi connectivity index (χ1v) is 3.40. The maximum atomic E-state index is 4.02. The molecule has 0 unspecified atom stereocenters. The zero-order chi connectivity index (χ0) is 6.15. The Morgan fingerprint density at radius 1 is 1.25 bits per heavy atom. The first kappa shape index (κ1) is 6.09. The topological polar surface area (TPSA) is 4.44 Å². The Morgan fingerprint density at radius 3 is 1.75 bits per heavy atom. The predicted octanol–water partition coefficient (Wildman–Crippen LogP) is 0.234. The molecule has 0 radical (unpaired) electrons. The van der Waals surface area contributed by atoms with E-state index >= 15 is 0 Å². The van der Waals surface area contributed by atoms with Crippen LogP contribution in [-0.4, -0.2) is 12.1 Å². The lowest BCUT2D eigenvalue weighted by Gasteiger charge is -2.24. The highest BCUT2D eigenvalue weighted by molar-refractivity contribution is 4.62. The normalized spacial score (nSPS) is 40.9. The molecule has 8 heavy (non-hydrogen) atoms. The van der Waals surface area contributed by atoms with Crippen molar-refractivity contribution in [3.05, 3.63) is 7.05 Å². The van der Waals surface area contributed by atoms with Gasteiger partial charge in [-0.15, -0.1) is 0 Å². The van der Waals surface area contributed by atoms with Crippen LogP contribution in [0.25, 0.3) is 0 Å². The highest BCUT2D eigenvalue weighted by atomic mass is 15.2. The third kappa shape index (κ3) is 0.873. The van der Waals surface area contributed by atoms with Gasteiger partial charge in [0.2, 0.25) is 0 Å². The number of quaternary nitrogens is 1. The Morgan fingerprint density at radius 2 is 1.62 bits per heavy atom. The van der Waals surface area contributed by atoms with Crippen molar-refractivity contribution in [1.82, 2.24) is 0 Å². The van der Waals surface area contributed by atoms with Crippen LogP contribution in [0.15, 0.2) is 0 Å². The van der Waals surface area contributed by atoms with Gasteiger partial charge in [0, 0.05) is 12.8 Å². The van der Waals surface area contributed by atoms with Gasteiger partial charge >= 0.3 is 0 Å². The molecule has 0 aromatic rings. The molecule has 0 aliphatic carbocycles. The van der Waals surface area contributed by atoms with Crippen molar-refractivity contribution in [2.24, 2.45) is 0 Å². The van der Waals surface area contributed by atoms with Gasteiger partial charge in [0.1, 0.15) is 0 Å². The summed E-state index contributed by atoms with van der Waals surface area (Å²) >= 11 is 0. The lowest BCUT2D eigenvalue weighted by molar-refractivity contribution is -0.887. The Hall–Kier alpha value is -0.0400. The fourth-order valence-corrected chi connectivity index (χ4v) is 1.36. The zero-order valence-electron chi connectivity index (χ0n) is 5.78. The molecular weight excluding hydrogens is 98.1 g/mol. The number of hydrogen-bond acceptors (Lipinski definition) is 0. The quantitative estimate of drug-likeness (QED) is 0.429. The van der Waals surface area contributed by atoms with E-state index in [1.807, 2.05) is 0 Å². The summed E-state index contributed by atoms with van der Waals surface area (Å²) in [5.74, 6) is 0. The molecule has 1 rings (SSSR count). The van der Waals surface area contributed by atoms with Crippen molar-refractivity contribution < 1.29 is 4.90 Å². The molecule has 1 N–H and O–H groups in total. The highest BCUT2D eigenvalue weighted by Crippen LogP contribution is 2.03. The molecule has 0 amide bonds. The maximum absolute atomic E-state index is 4.02. The zero-order valence-corrected chi connectivity index (χ0v) is 5.78. The minimum absolute atomic E-state index is 0.796. The Bertz CT molecular complexity index is 70.5. The van der Waals surface area contributed by atoms with Gasteiger partial charge in [-0.3, -0.25) is 0 Å². The van der Waals surface area contributed by atoms with Crippen LogP contribution in [0.1, 0.15) is 26.7 Å². The van der Waals surface area contributed by atoms with E-state index in [2.05, 4.69) is 20.9 Å². The van der Waals surface area contributed by atoms with Gasteiger partial charge in [-0.25, -0.2) is 0 Å². The molecule has 2 atom stereocenters. The van der Waals surface area contributed by atoms with Crippen molar-refractivity contribution in [3.8, 4) is 0 Å². The first-order valence-electron chi connectivity index (χ1n) is 3.40. The summed E-state index contributed by atoms with van der Waals surface area (Å²) in [5, 5.41) is 0. The molecule has 1 aliphatic heterocycles. The minimum atomic E-state index is 0.796. The summed E-state index contributed by atoms with van der Waals surface area (Å²) in [4.78, 5) is 1.46. The average molecular weight is 113 g/mol. The third-order valence-corrected chi connectivity index (χ3v) is 2.30. The third-order valence-electron chi connectivity index (χ3n) is 2.30. The van der Waals surface area contributed by atoms with Crippen LogP contribution in [0, 0.1) is 7.05 Å². The van der Waals surface area contributed by atoms with Crippen molar-refractivity contribution in [2.45, 2.75) is 38.8 Å². The molecule has 1 heterocycles. The standard InChI is InChI=1S/C7H15N/c1-6-4-5-7(2)8(6)3/h6-8H,3-5H2,1-2H3/t6-,7-/m0/s1. The Balaban J connectivity index is 2.44. The predicted molar refractivity (Wildman–Crippen MR) is 34.5 cm³/mol. The second kappa shape index (κ2) is 2.06. The lowest BCUT2D eigenvalue weighted by Crippen LogP contribution is -3.11.